The SMILES string of the molecule is Nc1snnc1COc1c(F)cccc1[N+](=O)[O-]. The van der Waals surface area contributed by atoms with Crippen molar-refractivity contribution in [1.82, 2.24) is 9.59 Å². The molecule has 0 atom stereocenters. The molecule has 2 rings (SSSR count). The lowest BCUT2D eigenvalue weighted by atomic mass is 10.3. The Bertz CT molecular complexity index is 589. The first-order valence-corrected chi connectivity index (χ1v) is 5.49. The Labute approximate surface area is 104 Å². The van der Waals surface area contributed by atoms with Gasteiger partial charge in [0.15, 0.2) is 5.82 Å². The summed E-state index contributed by atoms with van der Waals surface area (Å²) in [4.78, 5) is 9.99. The molecule has 0 fully saturated rings. The molecule has 9 heteroatoms. The zero-order valence-corrected chi connectivity index (χ0v) is 9.69. The van der Waals surface area contributed by atoms with Gasteiger partial charge in [-0.3, -0.25) is 10.1 Å². The average Bonchev–Trinajstić information content (AvgIpc) is 2.73. The Morgan fingerprint density at radius 2 is 2.33 bits per heavy atom. The number of nitrogen functional groups attached to an aromatic ring is 1. The van der Waals surface area contributed by atoms with Gasteiger partial charge in [0.05, 0.1) is 4.92 Å². The van der Waals surface area contributed by atoms with Crippen LogP contribution in [0.4, 0.5) is 15.1 Å². The van der Waals surface area contributed by atoms with Crippen molar-refractivity contribution in [2.45, 2.75) is 6.61 Å². The van der Waals surface area contributed by atoms with Crippen LogP contribution in [0, 0.1) is 15.9 Å². The number of nitro groups is 1. The quantitative estimate of drug-likeness (QED) is 0.670. The minimum absolute atomic E-state index is 0.176. The highest BCUT2D eigenvalue weighted by molar-refractivity contribution is 7.09. The lowest BCUT2D eigenvalue weighted by Crippen LogP contribution is -2.03. The molecule has 0 saturated carbocycles. The predicted molar refractivity (Wildman–Crippen MR) is 61.7 cm³/mol. The van der Waals surface area contributed by atoms with E-state index in [4.69, 9.17) is 10.5 Å². The number of aromatic nitrogens is 2. The van der Waals surface area contributed by atoms with Gasteiger partial charge in [0, 0.05) is 17.6 Å². The van der Waals surface area contributed by atoms with E-state index >= 15 is 0 Å². The number of benzene rings is 1. The molecule has 0 bridgehead atoms. The molecule has 0 aliphatic carbocycles. The first-order chi connectivity index (χ1) is 8.59. The maximum absolute atomic E-state index is 13.4. The Morgan fingerprint density at radius 3 is 2.94 bits per heavy atom. The van der Waals surface area contributed by atoms with Crippen LogP contribution in [0.25, 0.3) is 0 Å². The van der Waals surface area contributed by atoms with E-state index in [0.29, 0.717) is 10.7 Å². The van der Waals surface area contributed by atoms with Crippen LogP contribution in [0.3, 0.4) is 0 Å². The van der Waals surface area contributed by atoms with E-state index in [1.807, 2.05) is 0 Å². The summed E-state index contributed by atoms with van der Waals surface area (Å²) in [5.41, 5.74) is 5.40. The van der Waals surface area contributed by atoms with Crippen molar-refractivity contribution in [2.75, 3.05) is 5.73 Å². The maximum atomic E-state index is 13.4. The fraction of sp³-hybridized carbons (Fsp3) is 0.111. The number of hydrogen-bond donors (Lipinski definition) is 1. The molecule has 0 unspecified atom stereocenters. The van der Waals surface area contributed by atoms with E-state index in [0.717, 1.165) is 23.7 Å². The van der Waals surface area contributed by atoms with Crippen LogP contribution in [-0.4, -0.2) is 14.5 Å². The molecular weight excluding hydrogens is 263 g/mol. The summed E-state index contributed by atoms with van der Waals surface area (Å²) in [5.74, 6) is -1.25. The number of nitro benzene ring substituents is 1. The van der Waals surface area contributed by atoms with E-state index in [2.05, 4.69) is 9.59 Å². The van der Waals surface area contributed by atoms with Crippen LogP contribution in [0.1, 0.15) is 5.69 Å². The number of nitrogens with two attached hydrogens (primary N) is 1. The number of hydrogen-bond acceptors (Lipinski definition) is 7. The van der Waals surface area contributed by atoms with E-state index < -0.39 is 22.2 Å². The maximum Gasteiger partial charge on any atom is 0.314 e. The first-order valence-electron chi connectivity index (χ1n) is 4.72. The van der Waals surface area contributed by atoms with Gasteiger partial charge in [-0.1, -0.05) is 10.6 Å². The number of halogens is 1. The monoisotopic (exact) mass is 270 g/mol. The van der Waals surface area contributed by atoms with Crippen LogP contribution in [0.2, 0.25) is 0 Å². The van der Waals surface area contributed by atoms with Crippen molar-refractivity contribution in [3.63, 3.8) is 0 Å². The van der Waals surface area contributed by atoms with Gasteiger partial charge in [-0.15, -0.1) is 5.10 Å². The van der Waals surface area contributed by atoms with Crippen LogP contribution in [-0.2, 0) is 6.61 Å². The summed E-state index contributed by atoms with van der Waals surface area (Å²) in [5, 5.41) is 14.7. The van der Waals surface area contributed by atoms with E-state index in [-0.39, 0.29) is 6.61 Å². The molecule has 0 amide bonds. The van der Waals surface area contributed by atoms with Gasteiger partial charge in [0.25, 0.3) is 0 Å². The van der Waals surface area contributed by atoms with Gasteiger partial charge in [-0.05, 0) is 6.07 Å². The van der Waals surface area contributed by atoms with Gasteiger partial charge >= 0.3 is 5.69 Å². The highest BCUT2D eigenvalue weighted by atomic mass is 32.1. The largest absolute Gasteiger partial charge is 0.478 e. The Morgan fingerprint density at radius 1 is 1.56 bits per heavy atom. The highest BCUT2D eigenvalue weighted by Crippen LogP contribution is 2.30. The number of nitrogens with zero attached hydrogens (tertiary/aromatic N) is 3. The molecule has 7 nitrogen and oxygen atoms in total. The van der Waals surface area contributed by atoms with Crippen molar-refractivity contribution in [1.29, 1.82) is 0 Å². The molecule has 1 heterocycles. The molecular formula is C9H7FN4O3S. The first kappa shape index (κ1) is 12.2. The third-order valence-corrected chi connectivity index (χ3v) is 2.68. The molecule has 0 aliphatic rings. The predicted octanol–water partition coefficient (Wildman–Crippen LogP) is 1.75. The lowest BCUT2D eigenvalue weighted by Gasteiger charge is -2.06. The number of para-hydroxylation sites is 1. The molecule has 2 N–H and O–H groups in total. The van der Waals surface area contributed by atoms with Gasteiger partial charge in [0.1, 0.15) is 17.3 Å². The molecule has 18 heavy (non-hydrogen) atoms. The molecule has 0 spiro atoms. The second-order valence-electron chi connectivity index (χ2n) is 3.22. The normalized spacial score (nSPS) is 10.3. The summed E-state index contributed by atoms with van der Waals surface area (Å²) < 4.78 is 22.1. The standard InChI is InChI=1S/C9H7FN4O3S/c10-5-2-1-3-7(14(15)16)8(5)17-4-6-9(11)18-13-12-6/h1-3H,4,11H2. The fourth-order valence-electron chi connectivity index (χ4n) is 1.24. The summed E-state index contributed by atoms with van der Waals surface area (Å²) in [6, 6.07) is 3.46. The van der Waals surface area contributed by atoms with E-state index in [1.54, 1.807) is 0 Å². The fourth-order valence-corrected chi connectivity index (χ4v) is 1.67. The van der Waals surface area contributed by atoms with Crippen molar-refractivity contribution in [2.24, 2.45) is 0 Å². The van der Waals surface area contributed by atoms with E-state index in [9.17, 15) is 14.5 Å². The van der Waals surface area contributed by atoms with Gasteiger partial charge in [0.2, 0.25) is 5.75 Å². The minimum Gasteiger partial charge on any atom is -0.478 e. The zero-order chi connectivity index (χ0) is 13.1. The van der Waals surface area contributed by atoms with Crippen molar-refractivity contribution in [3.8, 4) is 5.75 Å². The second kappa shape index (κ2) is 4.92. The summed E-state index contributed by atoms with van der Waals surface area (Å²) in [6.45, 7) is -0.176. The molecule has 0 saturated heterocycles. The van der Waals surface area contributed by atoms with Crippen LogP contribution in [0.15, 0.2) is 18.2 Å². The Balaban J connectivity index is 2.24. The molecule has 2 aromatic rings. The van der Waals surface area contributed by atoms with Crippen molar-refractivity contribution in [3.05, 3.63) is 39.8 Å². The zero-order valence-electron chi connectivity index (χ0n) is 8.87. The summed E-state index contributed by atoms with van der Waals surface area (Å²) in [7, 11) is 0. The van der Waals surface area contributed by atoms with Crippen LogP contribution in [0.5, 0.6) is 5.75 Å². The molecule has 1 aromatic heterocycles. The third kappa shape index (κ3) is 2.35. The van der Waals surface area contributed by atoms with Crippen LogP contribution >= 0.6 is 11.5 Å². The van der Waals surface area contributed by atoms with E-state index in [1.165, 1.54) is 6.07 Å². The Kier molecular flexibility index (Phi) is 3.33. The molecule has 0 radical (unpaired) electrons. The minimum atomic E-state index is -0.814. The van der Waals surface area contributed by atoms with Gasteiger partial charge < -0.3 is 10.5 Å². The summed E-state index contributed by atoms with van der Waals surface area (Å²) in [6.07, 6.45) is 0. The average molecular weight is 270 g/mol. The van der Waals surface area contributed by atoms with Gasteiger partial charge in [-0.2, -0.15) is 0 Å². The highest BCUT2D eigenvalue weighted by Gasteiger charge is 2.20. The third-order valence-electron chi connectivity index (χ3n) is 2.08. The molecule has 94 valence electrons. The summed E-state index contributed by atoms with van der Waals surface area (Å²) >= 11 is 0.963. The number of rotatable bonds is 4. The van der Waals surface area contributed by atoms with Crippen molar-refractivity contribution < 1.29 is 14.1 Å². The smallest absolute Gasteiger partial charge is 0.314 e. The number of ether oxygens (including phenoxy) is 1. The van der Waals surface area contributed by atoms with Crippen LogP contribution < -0.4 is 10.5 Å². The Hall–Kier alpha value is -2.29. The second-order valence-corrected chi connectivity index (χ2v) is 4.00. The molecule has 1 aromatic carbocycles. The molecule has 0 aliphatic heterocycles. The topological polar surface area (TPSA) is 104 Å². The number of anilines is 1. The van der Waals surface area contributed by atoms with Crippen molar-refractivity contribution >= 4 is 22.2 Å². The lowest BCUT2D eigenvalue weighted by molar-refractivity contribution is -0.386. The van der Waals surface area contributed by atoms with Gasteiger partial charge in [-0.25, -0.2) is 4.39 Å².